The number of hydrogen-bond donors (Lipinski definition) is 1. The van der Waals surface area contributed by atoms with E-state index in [1.807, 2.05) is 6.08 Å². The van der Waals surface area contributed by atoms with Crippen molar-refractivity contribution in [1.29, 1.82) is 0 Å². The van der Waals surface area contributed by atoms with Crippen molar-refractivity contribution in [3.8, 4) is 0 Å². The van der Waals surface area contributed by atoms with Crippen LogP contribution in [0.1, 0.15) is 77.6 Å². The summed E-state index contributed by atoms with van der Waals surface area (Å²) in [7, 11) is 0. The molecular formula is C24H34O3. The molecule has 0 aromatic carbocycles. The molecule has 5 aliphatic carbocycles. The number of carbonyl (C=O) groups is 1. The average molecular weight is 371 g/mol. The van der Waals surface area contributed by atoms with Gasteiger partial charge in [-0.15, -0.1) is 0 Å². The number of hydrogen-bond acceptors (Lipinski definition) is 3. The van der Waals surface area contributed by atoms with Gasteiger partial charge in [-0.05, 0) is 93.1 Å². The van der Waals surface area contributed by atoms with Gasteiger partial charge in [0.25, 0.3) is 0 Å². The van der Waals surface area contributed by atoms with Crippen LogP contribution in [-0.2, 0) is 9.53 Å². The van der Waals surface area contributed by atoms with Crippen molar-refractivity contribution in [3.05, 3.63) is 23.5 Å². The van der Waals surface area contributed by atoms with Crippen molar-refractivity contribution in [2.45, 2.75) is 83.7 Å². The van der Waals surface area contributed by atoms with E-state index in [1.54, 1.807) is 0 Å². The van der Waals surface area contributed by atoms with Crippen LogP contribution in [0.5, 0.6) is 0 Å². The second kappa shape index (κ2) is 6.47. The zero-order valence-corrected chi connectivity index (χ0v) is 16.7. The van der Waals surface area contributed by atoms with Gasteiger partial charge in [0.05, 0.1) is 18.5 Å². The fourth-order valence-corrected chi connectivity index (χ4v) is 7.60. The predicted octanol–water partition coefficient (Wildman–Crippen LogP) is 4.94. The van der Waals surface area contributed by atoms with Gasteiger partial charge >= 0.3 is 0 Å². The molecule has 3 heteroatoms. The summed E-state index contributed by atoms with van der Waals surface area (Å²) < 4.78 is 6.40. The molecule has 3 saturated carbocycles. The number of aliphatic hydroxyl groups excluding tert-OH is 1. The molecule has 0 aromatic rings. The fourth-order valence-electron chi connectivity index (χ4n) is 7.60. The van der Waals surface area contributed by atoms with Crippen LogP contribution in [-0.4, -0.2) is 23.6 Å². The Morgan fingerprint density at radius 3 is 2.81 bits per heavy atom. The summed E-state index contributed by atoms with van der Waals surface area (Å²) in [4.78, 5) is 12.2. The van der Waals surface area contributed by atoms with Crippen molar-refractivity contribution >= 4 is 5.78 Å². The summed E-state index contributed by atoms with van der Waals surface area (Å²) in [5.74, 6) is 3.45. The summed E-state index contributed by atoms with van der Waals surface area (Å²) in [6, 6.07) is 0. The maximum absolute atomic E-state index is 12.2. The lowest BCUT2D eigenvalue weighted by atomic mass is 9.47. The Labute approximate surface area is 163 Å². The molecule has 1 N–H and O–H groups in total. The Hall–Kier alpha value is -1.09. The minimum atomic E-state index is -0.121. The number of aliphatic hydroxyl groups is 1. The van der Waals surface area contributed by atoms with E-state index in [9.17, 15) is 9.90 Å². The molecule has 6 atom stereocenters. The summed E-state index contributed by atoms with van der Waals surface area (Å²) in [5.41, 5.74) is 1.57. The highest BCUT2D eigenvalue weighted by atomic mass is 16.5. The van der Waals surface area contributed by atoms with E-state index in [4.69, 9.17) is 4.74 Å². The molecule has 0 amide bonds. The van der Waals surface area contributed by atoms with Crippen LogP contribution in [0.15, 0.2) is 23.5 Å². The first-order valence-electron chi connectivity index (χ1n) is 11.3. The first kappa shape index (κ1) is 18.0. The highest BCUT2D eigenvalue weighted by molar-refractivity contribution is 5.91. The zero-order valence-electron chi connectivity index (χ0n) is 16.7. The van der Waals surface area contributed by atoms with Gasteiger partial charge in [-0.25, -0.2) is 0 Å². The highest BCUT2D eigenvalue weighted by Gasteiger charge is 2.60. The van der Waals surface area contributed by atoms with Gasteiger partial charge in [-0.1, -0.05) is 12.5 Å². The maximum Gasteiger partial charge on any atom is 0.155 e. The van der Waals surface area contributed by atoms with Crippen molar-refractivity contribution < 1.29 is 14.6 Å². The Balaban J connectivity index is 1.47. The molecule has 5 aliphatic rings. The molecule has 0 radical (unpaired) electrons. The lowest BCUT2D eigenvalue weighted by molar-refractivity contribution is -0.120. The first-order valence-corrected chi connectivity index (χ1v) is 11.3. The van der Waals surface area contributed by atoms with E-state index >= 15 is 0 Å². The average Bonchev–Trinajstić information content (AvgIpc) is 3.28. The molecule has 3 nitrogen and oxygen atoms in total. The van der Waals surface area contributed by atoms with E-state index in [1.165, 1.54) is 37.0 Å². The van der Waals surface area contributed by atoms with Crippen LogP contribution in [0, 0.1) is 28.6 Å². The largest absolute Gasteiger partial charge is 0.497 e. The second-order valence-electron chi connectivity index (χ2n) is 10.2. The molecule has 27 heavy (non-hydrogen) atoms. The number of carbonyl (C=O) groups excluding carboxylic acids is 1. The van der Waals surface area contributed by atoms with E-state index in [0.717, 1.165) is 45.1 Å². The molecule has 3 fully saturated rings. The molecule has 0 bridgehead atoms. The molecule has 1 unspecified atom stereocenters. The SMILES string of the molecule is C[C@]12CC[C@@H]3[C@@H](CCC4=CC(=O)CC[C@@]43COC3=CCCC3)[C@@H]1CCC2O. The zero-order chi connectivity index (χ0) is 18.6. The normalized spacial score (nSPS) is 46.2. The van der Waals surface area contributed by atoms with Crippen LogP contribution >= 0.6 is 0 Å². The summed E-state index contributed by atoms with van der Waals surface area (Å²) >= 11 is 0. The monoisotopic (exact) mass is 370 g/mol. The third-order valence-electron chi connectivity index (χ3n) is 9.15. The minimum Gasteiger partial charge on any atom is -0.497 e. The van der Waals surface area contributed by atoms with Gasteiger partial charge in [0.2, 0.25) is 0 Å². The topological polar surface area (TPSA) is 46.5 Å². The molecule has 0 spiro atoms. The smallest absolute Gasteiger partial charge is 0.155 e. The van der Waals surface area contributed by atoms with Gasteiger partial charge in [-0.2, -0.15) is 0 Å². The standard InChI is InChI=1S/C24H34O3/c1-23-12-11-21-19(20(23)8-9-22(23)26)7-6-16-14-17(25)10-13-24(16,21)15-27-18-4-2-3-5-18/h4,14,19-22,26H,2-3,5-13,15H2,1H3/t19-,20-,21+,22?,23-,24+/m0/s1. The second-order valence-corrected chi connectivity index (χ2v) is 10.2. The van der Waals surface area contributed by atoms with E-state index in [0.29, 0.717) is 30.0 Å². The highest BCUT2D eigenvalue weighted by Crippen LogP contribution is 2.65. The lowest BCUT2D eigenvalue weighted by Gasteiger charge is -2.58. The quantitative estimate of drug-likeness (QED) is 0.765. The van der Waals surface area contributed by atoms with Gasteiger partial charge < -0.3 is 9.84 Å². The van der Waals surface area contributed by atoms with E-state index in [-0.39, 0.29) is 16.9 Å². The third kappa shape index (κ3) is 2.68. The lowest BCUT2D eigenvalue weighted by Crippen LogP contribution is -2.53. The van der Waals surface area contributed by atoms with Crippen molar-refractivity contribution in [3.63, 3.8) is 0 Å². The van der Waals surface area contributed by atoms with E-state index < -0.39 is 0 Å². The predicted molar refractivity (Wildman–Crippen MR) is 105 cm³/mol. The van der Waals surface area contributed by atoms with Crippen molar-refractivity contribution in [1.82, 2.24) is 0 Å². The van der Waals surface area contributed by atoms with Crippen LogP contribution in [0.3, 0.4) is 0 Å². The van der Waals surface area contributed by atoms with Crippen molar-refractivity contribution in [2.75, 3.05) is 6.61 Å². The Bertz CT molecular complexity index is 692. The number of allylic oxidation sites excluding steroid dienone is 2. The Kier molecular flexibility index (Phi) is 4.31. The van der Waals surface area contributed by atoms with Crippen molar-refractivity contribution in [2.24, 2.45) is 28.6 Å². The molecule has 0 aliphatic heterocycles. The minimum absolute atomic E-state index is 0.0646. The summed E-state index contributed by atoms with van der Waals surface area (Å²) in [5, 5.41) is 10.7. The first-order chi connectivity index (χ1) is 13.0. The van der Waals surface area contributed by atoms with Crippen LogP contribution in [0.2, 0.25) is 0 Å². The molecule has 0 saturated heterocycles. The molecule has 5 rings (SSSR count). The van der Waals surface area contributed by atoms with Gasteiger partial charge in [-0.3, -0.25) is 4.79 Å². The van der Waals surface area contributed by atoms with Gasteiger partial charge in [0, 0.05) is 18.3 Å². The van der Waals surface area contributed by atoms with Gasteiger partial charge in [0.15, 0.2) is 5.78 Å². The number of fused-ring (bicyclic) bond motifs is 5. The number of ketones is 1. The fraction of sp³-hybridized carbons (Fsp3) is 0.792. The number of rotatable bonds is 3. The Morgan fingerprint density at radius 1 is 1.11 bits per heavy atom. The Morgan fingerprint density at radius 2 is 2.00 bits per heavy atom. The van der Waals surface area contributed by atoms with Crippen LogP contribution in [0.25, 0.3) is 0 Å². The summed E-state index contributed by atoms with van der Waals surface area (Å²) in [6.07, 6.45) is 15.9. The van der Waals surface area contributed by atoms with E-state index in [2.05, 4.69) is 13.0 Å². The summed E-state index contributed by atoms with van der Waals surface area (Å²) in [6.45, 7) is 3.11. The maximum atomic E-state index is 12.2. The number of ether oxygens (including phenoxy) is 1. The molecule has 148 valence electrons. The van der Waals surface area contributed by atoms with Crippen LogP contribution in [0.4, 0.5) is 0 Å². The van der Waals surface area contributed by atoms with Gasteiger partial charge in [0.1, 0.15) is 0 Å². The molecule has 0 heterocycles. The van der Waals surface area contributed by atoms with Crippen LogP contribution < -0.4 is 0 Å². The molecule has 0 aromatic heterocycles. The molecular weight excluding hydrogens is 336 g/mol. The third-order valence-corrected chi connectivity index (χ3v) is 9.15.